The summed E-state index contributed by atoms with van der Waals surface area (Å²) < 4.78 is 7.90. The third-order valence-electron chi connectivity index (χ3n) is 5.08. The number of carbonyl (C=O) groups excluding carboxylic acids is 1. The Hall–Kier alpha value is -2.56. The molecule has 2 heterocycles. The second-order valence-electron chi connectivity index (χ2n) is 7.35. The van der Waals surface area contributed by atoms with E-state index in [4.69, 9.17) is 4.42 Å². The maximum atomic E-state index is 13.0. The zero-order valence-electron chi connectivity index (χ0n) is 17.0. The van der Waals surface area contributed by atoms with E-state index in [1.807, 2.05) is 52.1 Å². The van der Waals surface area contributed by atoms with E-state index < -0.39 is 0 Å². The summed E-state index contributed by atoms with van der Waals surface area (Å²) in [6, 6.07) is 9.74. The highest BCUT2D eigenvalue weighted by molar-refractivity contribution is 5.84. The third-order valence-corrected chi connectivity index (χ3v) is 5.08. The molecule has 2 aromatic heterocycles. The van der Waals surface area contributed by atoms with E-state index in [-0.39, 0.29) is 11.9 Å². The van der Waals surface area contributed by atoms with E-state index in [2.05, 4.69) is 18.1 Å². The molecule has 0 radical (unpaired) electrons. The van der Waals surface area contributed by atoms with Crippen LogP contribution in [0.15, 0.2) is 34.7 Å². The number of furan rings is 1. The van der Waals surface area contributed by atoms with Crippen LogP contribution in [0.2, 0.25) is 0 Å². The summed E-state index contributed by atoms with van der Waals surface area (Å²) >= 11 is 0. The average Bonchev–Trinajstić information content (AvgIpc) is 3.18. The van der Waals surface area contributed by atoms with Crippen molar-refractivity contribution in [3.05, 3.63) is 53.0 Å². The van der Waals surface area contributed by atoms with Crippen LogP contribution in [0, 0.1) is 13.8 Å². The van der Waals surface area contributed by atoms with Gasteiger partial charge in [0.1, 0.15) is 17.4 Å². The second-order valence-corrected chi connectivity index (χ2v) is 7.35. The van der Waals surface area contributed by atoms with Gasteiger partial charge in [0.25, 0.3) is 0 Å². The monoisotopic (exact) mass is 367 g/mol. The first-order valence-corrected chi connectivity index (χ1v) is 9.69. The number of aromatic nitrogens is 2. The van der Waals surface area contributed by atoms with Crippen LogP contribution in [0.5, 0.6) is 0 Å². The van der Waals surface area contributed by atoms with Gasteiger partial charge in [-0.3, -0.25) is 9.48 Å². The lowest BCUT2D eigenvalue weighted by molar-refractivity contribution is -0.133. The molecule has 0 saturated heterocycles. The summed E-state index contributed by atoms with van der Waals surface area (Å²) in [6.45, 7) is 8.55. The van der Waals surface area contributed by atoms with Crippen molar-refractivity contribution in [2.45, 2.75) is 59.5 Å². The first-order chi connectivity index (χ1) is 12.9. The van der Waals surface area contributed by atoms with Crippen LogP contribution >= 0.6 is 0 Å². The Morgan fingerprint density at radius 2 is 2.04 bits per heavy atom. The Morgan fingerprint density at radius 3 is 2.70 bits per heavy atom. The summed E-state index contributed by atoms with van der Waals surface area (Å²) in [4.78, 5) is 14.8. The summed E-state index contributed by atoms with van der Waals surface area (Å²) in [5, 5.41) is 5.57. The van der Waals surface area contributed by atoms with Crippen molar-refractivity contribution in [3.8, 4) is 0 Å². The Bertz CT molecular complexity index is 938. The fourth-order valence-electron chi connectivity index (χ4n) is 3.64. The highest BCUT2D eigenvalue weighted by Crippen LogP contribution is 2.28. The number of benzene rings is 1. The Balaban J connectivity index is 1.85. The fraction of sp³-hybridized carbons (Fsp3) is 0.455. The SMILES string of the molecule is CCCCc1oc2ccccc2c1CN(C)C(=O)C(C)n1nc(C)cc1C. The minimum Gasteiger partial charge on any atom is -0.461 e. The fourth-order valence-corrected chi connectivity index (χ4v) is 3.64. The lowest BCUT2D eigenvalue weighted by Crippen LogP contribution is -2.33. The molecule has 1 unspecified atom stereocenters. The van der Waals surface area contributed by atoms with Gasteiger partial charge in [0.15, 0.2) is 0 Å². The molecule has 5 nitrogen and oxygen atoms in total. The molecule has 144 valence electrons. The number of aryl methyl sites for hydroxylation is 3. The van der Waals surface area contributed by atoms with Crippen LogP contribution in [0.25, 0.3) is 11.0 Å². The van der Waals surface area contributed by atoms with E-state index in [0.29, 0.717) is 6.54 Å². The van der Waals surface area contributed by atoms with Crippen LogP contribution < -0.4 is 0 Å². The molecule has 3 aromatic rings. The van der Waals surface area contributed by atoms with Gasteiger partial charge in [-0.25, -0.2) is 0 Å². The average molecular weight is 367 g/mol. The molecule has 0 bridgehead atoms. The zero-order valence-corrected chi connectivity index (χ0v) is 17.0. The first-order valence-electron chi connectivity index (χ1n) is 9.69. The second kappa shape index (κ2) is 7.99. The predicted octanol–water partition coefficient (Wildman–Crippen LogP) is 4.81. The molecule has 0 N–H and O–H groups in total. The molecular formula is C22H29N3O2. The van der Waals surface area contributed by atoms with Crippen LogP contribution in [0.3, 0.4) is 0 Å². The molecule has 0 saturated carbocycles. The first kappa shape index (κ1) is 19.2. The largest absolute Gasteiger partial charge is 0.461 e. The minimum atomic E-state index is -0.332. The summed E-state index contributed by atoms with van der Waals surface area (Å²) in [5.74, 6) is 1.05. The van der Waals surface area contributed by atoms with Gasteiger partial charge in [0.2, 0.25) is 5.91 Å². The number of hydrogen-bond donors (Lipinski definition) is 0. The van der Waals surface area contributed by atoms with Crippen molar-refractivity contribution in [1.29, 1.82) is 0 Å². The van der Waals surface area contributed by atoms with Gasteiger partial charge in [-0.1, -0.05) is 31.5 Å². The van der Waals surface area contributed by atoms with Crippen molar-refractivity contribution in [2.75, 3.05) is 7.05 Å². The molecule has 0 fully saturated rings. The van der Waals surface area contributed by atoms with Crippen LogP contribution in [-0.2, 0) is 17.8 Å². The maximum absolute atomic E-state index is 13.0. The van der Waals surface area contributed by atoms with Crippen LogP contribution in [0.4, 0.5) is 0 Å². The van der Waals surface area contributed by atoms with Gasteiger partial charge < -0.3 is 9.32 Å². The maximum Gasteiger partial charge on any atom is 0.247 e. The van der Waals surface area contributed by atoms with Crippen LogP contribution in [0.1, 0.15) is 55.4 Å². The molecule has 27 heavy (non-hydrogen) atoms. The molecular weight excluding hydrogens is 338 g/mol. The Kier molecular flexibility index (Phi) is 5.68. The standard InChI is InChI=1S/C22H29N3O2/c1-6-7-11-21-19(18-10-8-9-12-20(18)27-21)14-24(5)22(26)17(4)25-16(3)13-15(2)23-25/h8-10,12-13,17H,6-7,11,14H2,1-5H3. The van der Waals surface area contributed by atoms with E-state index in [1.54, 1.807) is 9.58 Å². The highest BCUT2D eigenvalue weighted by atomic mass is 16.3. The van der Waals surface area contributed by atoms with E-state index >= 15 is 0 Å². The zero-order chi connectivity index (χ0) is 19.6. The summed E-state index contributed by atoms with van der Waals surface area (Å²) in [7, 11) is 1.86. The number of amides is 1. The van der Waals surface area contributed by atoms with Crippen molar-refractivity contribution < 1.29 is 9.21 Å². The van der Waals surface area contributed by atoms with Crippen molar-refractivity contribution in [1.82, 2.24) is 14.7 Å². The van der Waals surface area contributed by atoms with Crippen LogP contribution in [-0.4, -0.2) is 27.6 Å². The van der Waals surface area contributed by atoms with E-state index in [0.717, 1.165) is 52.9 Å². The quantitative estimate of drug-likeness (QED) is 0.602. The number of rotatable bonds is 7. The van der Waals surface area contributed by atoms with Gasteiger partial charge in [0, 0.05) is 36.7 Å². The Morgan fingerprint density at radius 1 is 1.30 bits per heavy atom. The number of unbranched alkanes of at least 4 members (excludes halogenated alkanes) is 1. The molecule has 0 aliphatic rings. The topological polar surface area (TPSA) is 51.3 Å². The molecule has 5 heteroatoms. The normalized spacial score (nSPS) is 12.5. The minimum absolute atomic E-state index is 0.0490. The van der Waals surface area contributed by atoms with E-state index in [9.17, 15) is 4.79 Å². The van der Waals surface area contributed by atoms with Gasteiger partial charge in [-0.15, -0.1) is 0 Å². The highest BCUT2D eigenvalue weighted by Gasteiger charge is 2.24. The van der Waals surface area contributed by atoms with Crippen molar-refractivity contribution in [2.24, 2.45) is 0 Å². The number of hydrogen-bond acceptors (Lipinski definition) is 3. The van der Waals surface area contributed by atoms with Gasteiger partial charge >= 0.3 is 0 Å². The predicted molar refractivity (Wildman–Crippen MR) is 108 cm³/mol. The van der Waals surface area contributed by atoms with Crippen molar-refractivity contribution >= 4 is 16.9 Å². The van der Waals surface area contributed by atoms with Gasteiger partial charge in [-0.05, 0) is 39.3 Å². The molecule has 1 atom stereocenters. The molecule has 0 spiro atoms. The number of likely N-dealkylation sites (N-methyl/N-ethyl adjacent to an activating group) is 1. The molecule has 0 aliphatic carbocycles. The molecule has 1 aromatic carbocycles. The lowest BCUT2D eigenvalue weighted by atomic mass is 10.1. The molecule has 1 amide bonds. The summed E-state index contributed by atoms with van der Waals surface area (Å²) in [5.41, 5.74) is 3.94. The summed E-state index contributed by atoms with van der Waals surface area (Å²) in [6.07, 6.45) is 3.09. The number of nitrogens with zero attached hydrogens (tertiary/aromatic N) is 3. The third kappa shape index (κ3) is 3.92. The number of carbonyl (C=O) groups is 1. The molecule has 3 rings (SSSR count). The Labute approximate surface area is 161 Å². The number of fused-ring (bicyclic) bond motifs is 1. The van der Waals surface area contributed by atoms with E-state index in [1.165, 1.54) is 0 Å². The van der Waals surface area contributed by atoms with Gasteiger partial charge in [0.05, 0.1) is 5.69 Å². The van der Waals surface area contributed by atoms with Crippen molar-refractivity contribution in [3.63, 3.8) is 0 Å². The number of para-hydroxylation sites is 1. The molecule has 0 aliphatic heterocycles. The smallest absolute Gasteiger partial charge is 0.247 e. The van der Waals surface area contributed by atoms with Gasteiger partial charge in [-0.2, -0.15) is 5.10 Å². The lowest BCUT2D eigenvalue weighted by Gasteiger charge is -2.22.